The van der Waals surface area contributed by atoms with E-state index in [-0.39, 0.29) is 12.0 Å². The molecule has 0 spiro atoms. The number of hydrogen-bond acceptors (Lipinski definition) is 2. The van der Waals surface area contributed by atoms with Crippen LogP contribution < -0.4 is 0 Å². The van der Waals surface area contributed by atoms with E-state index in [9.17, 15) is 9.90 Å². The lowest BCUT2D eigenvalue weighted by atomic mass is 9.89. The Kier molecular flexibility index (Phi) is 5.26. The van der Waals surface area contributed by atoms with Gasteiger partial charge in [-0.3, -0.25) is 4.79 Å². The predicted octanol–water partition coefficient (Wildman–Crippen LogP) is 2.04. The number of carbonyl (C=O) groups excluding carboxylic acids is 1. The SMILES string of the molecule is CCCC(C(=O)N1CCC(O)CC1)C(C)C. The van der Waals surface area contributed by atoms with E-state index < -0.39 is 0 Å². The highest BCUT2D eigenvalue weighted by Gasteiger charge is 2.28. The molecule has 0 aromatic rings. The Labute approximate surface area is 98.8 Å². The maximum absolute atomic E-state index is 12.3. The molecule has 0 radical (unpaired) electrons. The zero-order valence-corrected chi connectivity index (χ0v) is 10.8. The zero-order valence-electron chi connectivity index (χ0n) is 10.8. The number of amides is 1. The largest absolute Gasteiger partial charge is 0.393 e. The van der Waals surface area contributed by atoms with Gasteiger partial charge < -0.3 is 10.0 Å². The van der Waals surface area contributed by atoms with E-state index in [4.69, 9.17) is 0 Å². The lowest BCUT2D eigenvalue weighted by Gasteiger charge is -2.33. The molecule has 0 saturated carbocycles. The molecule has 1 rings (SSSR count). The number of carbonyl (C=O) groups is 1. The Morgan fingerprint density at radius 1 is 1.38 bits per heavy atom. The van der Waals surface area contributed by atoms with E-state index in [0.29, 0.717) is 11.8 Å². The van der Waals surface area contributed by atoms with Crippen LogP contribution in [0.5, 0.6) is 0 Å². The second-order valence-electron chi connectivity index (χ2n) is 5.20. The van der Waals surface area contributed by atoms with Gasteiger partial charge in [-0.05, 0) is 25.2 Å². The first kappa shape index (κ1) is 13.5. The Hall–Kier alpha value is -0.570. The normalized spacial score (nSPS) is 20.2. The van der Waals surface area contributed by atoms with Crippen molar-refractivity contribution in [3.05, 3.63) is 0 Å². The van der Waals surface area contributed by atoms with Crippen LogP contribution >= 0.6 is 0 Å². The van der Waals surface area contributed by atoms with Crippen molar-refractivity contribution >= 4 is 5.91 Å². The van der Waals surface area contributed by atoms with Crippen LogP contribution in [0.15, 0.2) is 0 Å². The van der Waals surface area contributed by atoms with Crippen molar-refractivity contribution in [3.63, 3.8) is 0 Å². The molecule has 0 aliphatic carbocycles. The van der Waals surface area contributed by atoms with Crippen molar-refractivity contribution < 1.29 is 9.90 Å². The van der Waals surface area contributed by atoms with Gasteiger partial charge in [0, 0.05) is 19.0 Å². The van der Waals surface area contributed by atoms with Crippen LogP contribution in [-0.4, -0.2) is 35.1 Å². The molecule has 3 heteroatoms. The molecule has 1 atom stereocenters. The molecule has 1 saturated heterocycles. The summed E-state index contributed by atoms with van der Waals surface area (Å²) in [5.74, 6) is 0.878. The Bertz CT molecular complexity index is 220. The van der Waals surface area contributed by atoms with E-state index in [1.54, 1.807) is 0 Å². The summed E-state index contributed by atoms with van der Waals surface area (Å²) in [4.78, 5) is 14.2. The van der Waals surface area contributed by atoms with Crippen LogP contribution in [0.4, 0.5) is 0 Å². The fourth-order valence-electron chi connectivity index (χ4n) is 2.37. The minimum atomic E-state index is -0.201. The fraction of sp³-hybridized carbons (Fsp3) is 0.923. The van der Waals surface area contributed by atoms with Crippen LogP contribution in [-0.2, 0) is 4.79 Å². The number of rotatable bonds is 4. The summed E-state index contributed by atoms with van der Waals surface area (Å²) in [6, 6.07) is 0. The van der Waals surface area contributed by atoms with Crippen molar-refractivity contribution in [3.8, 4) is 0 Å². The highest BCUT2D eigenvalue weighted by molar-refractivity contribution is 5.79. The maximum atomic E-state index is 12.3. The van der Waals surface area contributed by atoms with E-state index in [1.807, 2.05) is 4.90 Å². The minimum absolute atomic E-state index is 0.167. The summed E-state index contributed by atoms with van der Waals surface area (Å²) in [6.45, 7) is 7.83. The molecule has 1 heterocycles. The van der Waals surface area contributed by atoms with Gasteiger partial charge in [0.05, 0.1) is 6.10 Å². The molecule has 16 heavy (non-hydrogen) atoms. The van der Waals surface area contributed by atoms with Crippen molar-refractivity contribution in [1.82, 2.24) is 4.90 Å². The minimum Gasteiger partial charge on any atom is -0.393 e. The van der Waals surface area contributed by atoms with Gasteiger partial charge in [0.1, 0.15) is 0 Å². The molecule has 0 bridgehead atoms. The third kappa shape index (κ3) is 3.48. The first-order valence-corrected chi connectivity index (χ1v) is 6.53. The fourth-order valence-corrected chi connectivity index (χ4v) is 2.37. The molecular weight excluding hydrogens is 202 g/mol. The molecule has 1 unspecified atom stereocenters. The highest BCUT2D eigenvalue weighted by Crippen LogP contribution is 2.22. The van der Waals surface area contributed by atoms with Crippen molar-refractivity contribution in [2.24, 2.45) is 11.8 Å². The van der Waals surface area contributed by atoms with E-state index >= 15 is 0 Å². The van der Waals surface area contributed by atoms with Crippen LogP contribution in [0, 0.1) is 11.8 Å². The molecule has 0 aromatic heterocycles. The molecule has 1 fully saturated rings. The summed E-state index contributed by atoms with van der Waals surface area (Å²) in [7, 11) is 0. The topological polar surface area (TPSA) is 40.5 Å². The summed E-state index contributed by atoms with van der Waals surface area (Å²) >= 11 is 0. The molecule has 94 valence electrons. The van der Waals surface area contributed by atoms with Crippen molar-refractivity contribution in [2.45, 2.75) is 52.6 Å². The van der Waals surface area contributed by atoms with Crippen molar-refractivity contribution in [2.75, 3.05) is 13.1 Å². The quantitative estimate of drug-likeness (QED) is 0.798. The first-order chi connectivity index (χ1) is 7.56. The summed E-state index contributed by atoms with van der Waals surface area (Å²) in [5, 5.41) is 9.42. The monoisotopic (exact) mass is 227 g/mol. The summed E-state index contributed by atoms with van der Waals surface area (Å²) in [6.07, 6.45) is 3.32. The van der Waals surface area contributed by atoms with Gasteiger partial charge in [0.15, 0.2) is 0 Å². The Morgan fingerprint density at radius 2 is 1.94 bits per heavy atom. The average molecular weight is 227 g/mol. The maximum Gasteiger partial charge on any atom is 0.225 e. The van der Waals surface area contributed by atoms with Gasteiger partial charge in [-0.2, -0.15) is 0 Å². The third-order valence-electron chi connectivity index (χ3n) is 3.50. The predicted molar refractivity (Wildman–Crippen MR) is 65.1 cm³/mol. The Balaban J connectivity index is 2.53. The van der Waals surface area contributed by atoms with Crippen molar-refractivity contribution in [1.29, 1.82) is 0 Å². The smallest absolute Gasteiger partial charge is 0.225 e. The molecule has 0 aromatic carbocycles. The van der Waals surface area contributed by atoms with E-state index in [2.05, 4.69) is 20.8 Å². The lowest BCUT2D eigenvalue weighted by molar-refractivity contribution is -0.139. The number of aliphatic hydroxyl groups excluding tert-OH is 1. The van der Waals surface area contributed by atoms with Gasteiger partial charge in [-0.15, -0.1) is 0 Å². The van der Waals surface area contributed by atoms with Gasteiger partial charge in [-0.1, -0.05) is 27.2 Å². The van der Waals surface area contributed by atoms with Crippen LogP contribution in [0.3, 0.4) is 0 Å². The molecule has 1 aliphatic heterocycles. The van der Waals surface area contributed by atoms with Gasteiger partial charge in [-0.25, -0.2) is 0 Å². The van der Waals surface area contributed by atoms with Gasteiger partial charge in [0.25, 0.3) is 0 Å². The second-order valence-corrected chi connectivity index (χ2v) is 5.20. The average Bonchev–Trinajstić information content (AvgIpc) is 2.25. The van der Waals surface area contributed by atoms with Crippen LogP contribution in [0.2, 0.25) is 0 Å². The number of nitrogens with zero attached hydrogens (tertiary/aromatic N) is 1. The number of hydrogen-bond donors (Lipinski definition) is 1. The van der Waals surface area contributed by atoms with E-state index in [0.717, 1.165) is 38.8 Å². The van der Waals surface area contributed by atoms with Gasteiger partial charge >= 0.3 is 0 Å². The molecule has 1 amide bonds. The van der Waals surface area contributed by atoms with Gasteiger partial charge in [0.2, 0.25) is 5.91 Å². The lowest BCUT2D eigenvalue weighted by Crippen LogP contribution is -2.44. The van der Waals surface area contributed by atoms with E-state index in [1.165, 1.54) is 0 Å². The van der Waals surface area contributed by atoms with Crippen LogP contribution in [0.25, 0.3) is 0 Å². The molecular formula is C13H25NO2. The number of piperidine rings is 1. The zero-order chi connectivity index (χ0) is 12.1. The number of aliphatic hydroxyl groups is 1. The second kappa shape index (κ2) is 6.24. The van der Waals surface area contributed by atoms with Crippen LogP contribution in [0.1, 0.15) is 46.5 Å². The number of likely N-dealkylation sites (tertiary alicyclic amines) is 1. The molecule has 1 aliphatic rings. The summed E-state index contributed by atoms with van der Waals surface area (Å²) < 4.78 is 0. The summed E-state index contributed by atoms with van der Waals surface area (Å²) in [5.41, 5.74) is 0. The Morgan fingerprint density at radius 3 is 2.38 bits per heavy atom. The first-order valence-electron chi connectivity index (χ1n) is 6.53. The third-order valence-corrected chi connectivity index (χ3v) is 3.50. The molecule has 3 nitrogen and oxygen atoms in total. The standard InChI is InChI=1S/C13H25NO2/c1-4-5-12(10(2)3)13(16)14-8-6-11(15)7-9-14/h10-12,15H,4-9H2,1-3H3. The molecule has 1 N–H and O–H groups in total. The highest BCUT2D eigenvalue weighted by atomic mass is 16.3.